The molecule has 1 saturated heterocycles. The summed E-state index contributed by atoms with van der Waals surface area (Å²) in [5.41, 5.74) is 0.614. The van der Waals surface area contributed by atoms with Crippen molar-refractivity contribution in [3.63, 3.8) is 0 Å². The first-order chi connectivity index (χ1) is 13.5. The van der Waals surface area contributed by atoms with Crippen LogP contribution in [0.25, 0.3) is 0 Å². The molecule has 0 saturated carbocycles. The van der Waals surface area contributed by atoms with Crippen molar-refractivity contribution in [1.82, 2.24) is 20.0 Å². The minimum Gasteiger partial charge on any atom is -0.379 e. The minimum atomic E-state index is -0.355. The van der Waals surface area contributed by atoms with Crippen molar-refractivity contribution in [2.24, 2.45) is 7.05 Å². The number of nitrogens with zero attached hydrogens (tertiary/aromatic N) is 3. The van der Waals surface area contributed by atoms with Gasteiger partial charge in [0.1, 0.15) is 5.82 Å². The molecular formula is C19H24ClN5O3. The number of carbonyl (C=O) groups is 2. The third-order valence-corrected chi connectivity index (χ3v) is 4.84. The molecule has 1 aromatic heterocycles. The smallest absolute Gasteiger partial charge is 0.271 e. The van der Waals surface area contributed by atoms with Crippen LogP contribution in [0.5, 0.6) is 0 Å². The highest BCUT2D eigenvalue weighted by Gasteiger charge is 2.16. The maximum absolute atomic E-state index is 12.4. The number of benzene rings is 1. The lowest BCUT2D eigenvalue weighted by molar-refractivity contribution is 0.0374. The summed E-state index contributed by atoms with van der Waals surface area (Å²) in [5, 5.41) is 10.1. The third-order valence-electron chi connectivity index (χ3n) is 4.51. The van der Waals surface area contributed by atoms with E-state index in [9.17, 15) is 9.59 Å². The van der Waals surface area contributed by atoms with Crippen molar-refractivity contribution in [2.75, 3.05) is 44.7 Å². The fourth-order valence-corrected chi connectivity index (χ4v) is 3.17. The Hall–Kier alpha value is -2.42. The van der Waals surface area contributed by atoms with Gasteiger partial charge in [-0.3, -0.25) is 19.2 Å². The van der Waals surface area contributed by atoms with Crippen molar-refractivity contribution in [3.8, 4) is 0 Å². The summed E-state index contributed by atoms with van der Waals surface area (Å²) in [6.07, 6.45) is 0.856. The van der Waals surface area contributed by atoms with E-state index in [1.807, 2.05) is 0 Å². The Labute approximate surface area is 168 Å². The normalized spacial score (nSPS) is 14.6. The number of anilines is 1. The summed E-state index contributed by atoms with van der Waals surface area (Å²) in [7, 11) is 1.66. The van der Waals surface area contributed by atoms with Gasteiger partial charge in [0.25, 0.3) is 11.8 Å². The number of carbonyl (C=O) groups excluding carboxylic acids is 2. The molecule has 0 spiro atoms. The maximum atomic E-state index is 12.4. The van der Waals surface area contributed by atoms with Crippen LogP contribution in [-0.4, -0.2) is 65.9 Å². The Balaban J connectivity index is 1.50. The summed E-state index contributed by atoms with van der Waals surface area (Å²) in [5.74, 6) is -0.203. The SMILES string of the molecule is Cn1nc(C(=O)NCCCN2CCOCC2)cc1NC(=O)c1ccccc1Cl. The van der Waals surface area contributed by atoms with E-state index in [2.05, 4.69) is 20.6 Å². The molecule has 3 rings (SSSR count). The van der Waals surface area contributed by atoms with E-state index in [-0.39, 0.29) is 17.5 Å². The molecule has 9 heteroatoms. The van der Waals surface area contributed by atoms with Crippen molar-refractivity contribution in [2.45, 2.75) is 6.42 Å². The molecule has 1 aliphatic heterocycles. The highest BCUT2D eigenvalue weighted by molar-refractivity contribution is 6.34. The predicted molar refractivity (Wildman–Crippen MR) is 107 cm³/mol. The van der Waals surface area contributed by atoms with Gasteiger partial charge in [0, 0.05) is 32.7 Å². The fraction of sp³-hybridized carbons (Fsp3) is 0.421. The first-order valence-electron chi connectivity index (χ1n) is 9.23. The van der Waals surface area contributed by atoms with Gasteiger partial charge in [0.05, 0.1) is 23.8 Å². The zero-order valence-electron chi connectivity index (χ0n) is 15.8. The molecule has 2 N–H and O–H groups in total. The van der Waals surface area contributed by atoms with Crippen LogP contribution in [0.1, 0.15) is 27.3 Å². The number of amides is 2. The molecule has 0 unspecified atom stereocenters. The molecule has 0 radical (unpaired) electrons. The fourth-order valence-electron chi connectivity index (χ4n) is 2.94. The van der Waals surface area contributed by atoms with Gasteiger partial charge in [0.15, 0.2) is 5.69 Å². The molecule has 0 bridgehead atoms. The van der Waals surface area contributed by atoms with Crippen molar-refractivity contribution in [1.29, 1.82) is 0 Å². The summed E-state index contributed by atoms with van der Waals surface area (Å²) < 4.78 is 6.77. The third kappa shape index (κ3) is 5.31. The quantitative estimate of drug-likeness (QED) is 0.685. The van der Waals surface area contributed by atoms with Gasteiger partial charge in [-0.15, -0.1) is 0 Å². The second-order valence-corrected chi connectivity index (χ2v) is 6.94. The molecule has 150 valence electrons. The first kappa shape index (κ1) is 20.3. The molecule has 2 heterocycles. The van der Waals surface area contributed by atoms with Crippen molar-refractivity contribution in [3.05, 3.63) is 46.6 Å². The number of aromatic nitrogens is 2. The number of nitrogens with one attached hydrogen (secondary N) is 2. The number of hydrogen-bond acceptors (Lipinski definition) is 5. The maximum Gasteiger partial charge on any atom is 0.271 e. The van der Waals surface area contributed by atoms with Crippen LogP contribution < -0.4 is 10.6 Å². The Bertz CT molecular complexity index is 833. The molecule has 0 atom stereocenters. The van der Waals surface area contributed by atoms with E-state index in [1.54, 1.807) is 37.4 Å². The van der Waals surface area contributed by atoms with Crippen molar-refractivity contribution >= 4 is 29.2 Å². The second kappa shape index (κ2) is 9.68. The zero-order chi connectivity index (χ0) is 19.9. The predicted octanol–water partition coefficient (Wildman–Crippen LogP) is 1.78. The molecule has 2 amide bonds. The number of hydrogen-bond donors (Lipinski definition) is 2. The Kier molecular flexibility index (Phi) is 7.02. The average molecular weight is 406 g/mol. The number of rotatable bonds is 7. The van der Waals surface area contributed by atoms with E-state index in [1.165, 1.54) is 4.68 Å². The standard InChI is InChI=1S/C19H24ClN5O3/c1-24-17(22-18(26)14-5-2-3-6-15(14)20)13-16(23-24)19(27)21-7-4-8-25-9-11-28-12-10-25/h2-3,5-6,13H,4,7-12H2,1H3,(H,21,27)(H,22,26). The van der Waals surface area contributed by atoms with Gasteiger partial charge in [0.2, 0.25) is 0 Å². The Morgan fingerprint density at radius 1 is 1.21 bits per heavy atom. The van der Waals surface area contributed by atoms with E-state index in [4.69, 9.17) is 16.3 Å². The number of halogens is 1. The van der Waals surface area contributed by atoms with Gasteiger partial charge < -0.3 is 15.4 Å². The average Bonchev–Trinajstić information content (AvgIpc) is 3.06. The lowest BCUT2D eigenvalue weighted by Gasteiger charge is -2.26. The topological polar surface area (TPSA) is 88.5 Å². The molecule has 8 nitrogen and oxygen atoms in total. The van der Waals surface area contributed by atoms with Gasteiger partial charge >= 0.3 is 0 Å². The summed E-state index contributed by atoms with van der Waals surface area (Å²) in [6.45, 7) is 4.89. The number of ether oxygens (including phenoxy) is 1. The highest BCUT2D eigenvalue weighted by atomic mass is 35.5. The molecular weight excluding hydrogens is 382 g/mol. The van der Waals surface area contributed by atoms with Crippen molar-refractivity contribution < 1.29 is 14.3 Å². The summed E-state index contributed by atoms with van der Waals surface area (Å²) in [6, 6.07) is 8.32. The van der Waals surface area contributed by atoms with Crippen LogP contribution in [0.2, 0.25) is 5.02 Å². The Morgan fingerprint density at radius 3 is 2.71 bits per heavy atom. The molecule has 0 aliphatic carbocycles. The molecule has 28 heavy (non-hydrogen) atoms. The molecule has 1 aliphatic rings. The van der Waals surface area contributed by atoms with Gasteiger partial charge in [-0.05, 0) is 25.1 Å². The molecule has 1 aromatic carbocycles. The Morgan fingerprint density at radius 2 is 1.96 bits per heavy atom. The molecule has 1 fully saturated rings. The van der Waals surface area contributed by atoms with E-state index in [0.29, 0.717) is 22.9 Å². The minimum absolute atomic E-state index is 0.253. The van der Waals surface area contributed by atoms with E-state index >= 15 is 0 Å². The van der Waals surface area contributed by atoms with Crippen LogP contribution in [0.15, 0.2) is 30.3 Å². The van der Waals surface area contributed by atoms with Crippen LogP contribution in [0, 0.1) is 0 Å². The lowest BCUT2D eigenvalue weighted by atomic mass is 10.2. The number of aryl methyl sites for hydroxylation is 1. The second-order valence-electron chi connectivity index (χ2n) is 6.54. The van der Waals surface area contributed by atoms with Crippen LogP contribution >= 0.6 is 11.6 Å². The number of morpholine rings is 1. The monoisotopic (exact) mass is 405 g/mol. The van der Waals surface area contributed by atoms with Gasteiger partial charge in [-0.25, -0.2) is 0 Å². The van der Waals surface area contributed by atoms with Crippen LogP contribution in [0.4, 0.5) is 5.82 Å². The first-order valence-corrected chi connectivity index (χ1v) is 9.60. The zero-order valence-corrected chi connectivity index (χ0v) is 16.5. The van der Waals surface area contributed by atoms with E-state index in [0.717, 1.165) is 39.3 Å². The van der Waals surface area contributed by atoms with Crippen LogP contribution in [-0.2, 0) is 11.8 Å². The lowest BCUT2D eigenvalue weighted by Crippen LogP contribution is -2.38. The largest absolute Gasteiger partial charge is 0.379 e. The van der Waals surface area contributed by atoms with Crippen LogP contribution in [0.3, 0.4) is 0 Å². The van der Waals surface area contributed by atoms with E-state index < -0.39 is 0 Å². The highest BCUT2D eigenvalue weighted by Crippen LogP contribution is 2.17. The van der Waals surface area contributed by atoms with Gasteiger partial charge in [-0.2, -0.15) is 5.10 Å². The van der Waals surface area contributed by atoms with Gasteiger partial charge in [-0.1, -0.05) is 23.7 Å². The molecule has 2 aromatic rings. The summed E-state index contributed by atoms with van der Waals surface area (Å²) >= 11 is 6.05. The summed E-state index contributed by atoms with van der Waals surface area (Å²) in [4.78, 5) is 27.0.